The van der Waals surface area contributed by atoms with Crippen molar-refractivity contribution in [2.24, 2.45) is 7.05 Å². The first-order valence-corrected chi connectivity index (χ1v) is 15.5. The van der Waals surface area contributed by atoms with Crippen LogP contribution in [0.5, 0.6) is 0 Å². The molecule has 0 aliphatic rings. The van der Waals surface area contributed by atoms with Crippen LogP contribution in [-0.2, 0) is 7.05 Å². The maximum Gasteiger partial charge on any atom is 0.216 e. The molecule has 35 heavy (non-hydrogen) atoms. The van der Waals surface area contributed by atoms with E-state index in [1.807, 2.05) is 24.3 Å². The Balaban J connectivity index is 1.94. The summed E-state index contributed by atoms with van der Waals surface area (Å²) in [4.78, 5) is 3.84. The van der Waals surface area contributed by atoms with Gasteiger partial charge in [0.25, 0.3) is 0 Å². The zero-order chi connectivity index (χ0) is 25.1. The third kappa shape index (κ3) is 3.68. The van der Waals surface area contributed by atoms with E-state index >= 15 is 0 Å². The quantitative estimate of drug-likeness (QED) is 0.148. The highest BCUT2D eigenvalue weighted by molar-refractivity contribution is 6.89. The minimum Gasteiger partial charge on any atom is -0.456 e. The number of hydrogen-bond acceptors (Lipinski definition) is 1. The molecule has 0 saturated carbocycles. The van der Waals surface area contributed by atoms with E-state index in [0.29, 0.717) is 5.69 Å². The van der Waals surface area contributed by atoms with Crippen molar-refractivity contribution in [2.45, 2.75) is 40.4 Å². The Morgan fingerprint density at radius 2 is 1.54 bits per heavy atom. The SMILES string of the molecule is [C-]#[N+]c1ccc2c(oc3c(-c4cc([Si](C)(C)C)c(C)c[n+]4C)c(C)cc(C)c32)c1-c1ccccc1. The number of aryl methyl sites for hydroxylation is 4. The van der Waals surface area contributed by atoms with Crippen LogP contribution in [0.15, 0.2) is 65.2 Å². The van der Waals surface area contributed by atoms with Crippen molar-refractivity contribution in [1.82, 2.24) is 0 Å². The molecule has 0 bridgehead atoms. The van der Waals surface area contributed by atoms with E-state index in [1.165, 1.54) is 27.6 Å². The summed E-state index contributed by atoms with van der Waals surface area (Å²) in [7, 11) is 0.586. The van der Waals surface area contributed by atoms with Gasteiger partial charge in [0, 0.05) is 28.0 Å². The molecule has 0 aliphatic carbocycles. The van der Waals surface area contributed by atoms with E-state index in [2.05, 4.69) is 93.4 Å². The molecule has 174 valence electrons. The molecule has 0 atom stereocenters. The lowest BCUT2D eigenvalue weighted by Gasteiger charge is -2.19. The summed E-state index contributed by atoms with van der Waals surface area (Å²) in [6, 6.07) is 18.8. The summed E-state index contributed by atoms with van der Waals surface area (Å²) in [5.74, 6) is 0. The number of benzene rings is 3. The molecule has 2 aromatic heterocycles. The average molecular weight is 476 g/mol. The fraction of sp³-hybridized carbons (Fsp3) is 0.226. The van der Waals surface area contributed by atoms with Crippen LogP contribution >= 0.6 is 0 Å². The number of aromatic nitrogens is 1. The number of nitrogens with zero attached hydrogens (tertiary/aromatic N) is 2. The Kier molecular flexibility index (Phi) is 5.42. The predicted octanol–water partition coefficient (Wildman–Crippen LogP) is 7.77. The second-order valence-corrected chi connectivity index (χ2v) is 15.7. The lowest BCUT2D eigenvalue weighted by Crippen LogP contribution is -2.44. The van der Waals surface area contributed by atoms with Crippen LogP contribution in [0.2, 0.25) is 19.6 Å². The standard InChI is InChI=1S/C31H31N2OSi/c1-19-16-20(2)28(25-17-26(35(6,7)8)21(3)18-33(25)5)31-27(19)23-14-15-24(32-4)29(30(23)34-31)22-12-10-9-11-13-22/h9-18H,1-3,5-8H3/q+1. The molecule has 5 rings (SSSR count). The van der Waals surface area contributed by atoms with E-state index < -0.39 is 8.07 Å². The van der Waals surface area contributed by atoms with Crippen molar-refractivity contribution in [1.29, 1.82) is 0 Å². The number of pyridine rings is 1. The van der Waals surface area contributed by atoms with Crippen molar-refractivity contribution in [3.63, 3.8) is 0 Å². The molecule has 0 radical (unpaired) electrons. The highest BCUT2D eigenvalue weighted by Crippen LogP contribution is 2.45. The third-order valence-electron chi connectivity index (χ3n) is 7.01. The lowest BCUT2D eigenvalue weighted by atomic mass is 9.95. The van der Waals surface area contributed by atoms with Crippen molar-refractivity contribution in [2.75, 3.05) is 0 Å². The molecule has 0 spiro atoms. The van der Waals surface area contributed by atoms with Gasteiger partial charge in [0.15, 0.2) is 11.9 Å². The molecular weight excluding hydrogens is 444 g/mol. The summed E-state index contributed by atoms with van der Waals surface area (Å²) in [5, 5.41) is 3.66. The number of furan rings is 1. The smallest absolute Gasteiger partial charge is 0.216 e. The molecule has 0 unspecified atom stereocenters. The Hall–Kier alpha value is -3.68. The predicted molar refractivity (Wildman–Crippen MR) is 149 cm³/mol. The van der Waals surface area contributed by atoms with Gasteiger partial charge in [-0.2, -0.15) is 0 Å². The van der Waals surface area contributed by atoms with Crippen molar-refractivity contribution in [3.8, 4) is 22.4 Å². The van der Waals surface area contributed by atoms with Gasteiger partial charge in [-0.1, -0.05) is 68.2 Å². The van der Waals surface area contributed by atoms with Crippen molar-refractivity contribution < 1.29 is 8.98 Å². The minimum absolute atomic E-state index is 0.612. The molecule has 0 N–H and O–H groups in total. The second-order valence-electron chi connectivity index (χ2n) is 10.6. The largest absolute Gasteiger partial charge is 0.456 e. The minimum atomic E-state index is -1.54. The molecule has 2 heterocycles. The normalized spacial score (nSPS) is 11.8. The Labute approximate surface area is 208 Å². The fourth-order valence-corrected chi connectivity index (χ4v) is 7.32. The van der Waals surface area contributed by atoms with Gasteiger partial charge in [-0.25, -0.2) is 9.41 Å². The van der Waals surface area contributed by atoms with Crippen molar-refractivity contribution >= 4 is 40.9 Å². The van der Waals surface area contributed by atoms with E-state index in [4.69, 9.17) is 11.0 Å². The van der Waals surface area contributed by atoms with Crippen LogP contribution in [0.1, 0.15) is 16.7 Å². The Bertz CT molecular complexity index is 1670. The van der Waals surface area contributed by atoms with Gasteiger partial charge in [0.2, 0.25) is 5.69 Å². The Morgan fingerprint density at radius 3 is 2.20 bits per heavy atom. The van der Waals surface area contributed by atoms with E-state index in [1.54, 1.807) is 0 Å². The van der Waals surface area contributed by atoms with Gasteiger partial charge in [0.1, 0.15) is 18.2 Å². The van der Waals surface area contributed by atoms with Gasteiger partial charge >= 0.3 is 0 Å². The summed E-state index contributed by atoms with van der Waals surface area (Å²) < 4.78 is 9.02. The highest BCUT2D eigenvalue weighted by atomic mass is 28.3. The molecule has 0 fully saturated rings. The highest BCUT2D eigenvalue weighted by Gasteiger charge is 2.28. The maximum atomic E-state index is 7.81. The Morgan fingerprint density at radius 1 is 0.829 bits per heavy atom. The van der Waals surface area contributed by atoms with Gasteiger partial charge < -0.3 is 4.42 Å². The first-order valence-electron chi connectivity index (χ1n) is 12.0. The fourth-order valence-electron chi connectivity index (χ4n) is 5.50. The van der Waals surface area contributed by atoms with Gasteiger partial charge in [-0.15, -0.1) is 0 Å². The molecule has 3 aromatic carbocycles. The van der Waals surface area contributed by atoms with Crippen LogP contribution < -0.4 is 9.75 Å². The summed E-state index contributed by atoms with van der Waals surface area (Å²) in [6.07, 6.45) is 2.25. The van der Waals surface area contributed by atoms with Crippen LogP contribution in [0, 0.1) is 27.3 Å². The van der Waals surface area contributed by atoms with Crippen LogP contribution in [-0.4, -0.2) is 8.07 Å². The molecule has 4 heteroatoms. The molecule has 5 aromatic rings. The summed E-state index contributed by atoms with van der Waals surface area (Å²) in [6.45, 7) is 21.6. The van der Waals surface area contributed by atoms with Crippen LogP contribution in [0.3, 0.4) is 0 Å². The van der Waals surface area contributed by atoms with Crippen molar-refractivity contribution in [3.05, 3.63) is 88.9 Å². The van der Waals surface area contributed by atoms with Gasteiger partial charge in [-0.3, -0.25) is 0 Å². The topological polar surface area (TPSA) is 21.4 Å². The average Bonchev–Trinajstić information content (AvgIpc) is 3.19. The zero-order valence-electron chi connectivity index (χ0n) is 21.6. The van der Waals surface area contributed by atoms with Gasteiger partial charge in [-0.05, 0) is 42.6 Å². The summed E-state index contributed by atoms with van der Waals surface area (Å²) >= 11 is 0. The van der Waals surface area contributed by atoms with Crippen LogP contribution in [0.4, 0.5) is 5.69 Å². The van der Waals surface area contributed by atoms with Gasteiger partial charge in [0.05, 0.1) is 20.2 Å². The molecule has 0 amide bonds. The first-order chi connectivity index (χ1) is 16.6. The number of rotatable bonds is 3. The maximum absolute atomic E-state index is 7.81. The summed E-state index contributed by atoms with van der Waals surface area (Å²) in [5.41, 5.74) is 10.2. The third-order valence-corrected chi connectivity index (χ3v) is 9.16. The monoisotopic (exact) mass is 475 g/mol. The lowest BCUT2D eigenvalue weighted by molar-refractivity contribution is -0.660. The molecule has 0 saturated heterocycles. The first kappa shape index (κ1) is 23.1. The van der Waals surface area contributed by atoms with E-state index in [-0.39, 0.29) is 0 Å². The van der Waals surface area contributed by atoms with E-state index in [0.717, 1.165) is 38.6 Å². The number of fused-ring (bicyclic) bond motifs is 3. The second kappa shape index (κ2) is 8.22. The van der Waals surface area contributed by atoms with Crippen LogP contribution in [0.25, 0.3) is 49.2 Å². The molecule has 0 aliphatic heterocycles. The molecular formula is C31H31N2OSi+. The van der Waals surface area contributed by atoms with E-state index in [9.17, 15) is 0 Å². The zero-order valence-corrected chi connectivity index (χ0v) is 22.6. The number of hydrogen-bond donors (Lipinski definition) is 0. The molecule has 3 nitrogen and oxygen atoms in total.